The molecule has 2 rings (SSSR count). The maximum absolute atomic E-state index is 10.7. The summed E-state index contributed by atoms with van der Waals surface area (Å²) in [5.74, 6) is 0.450. The van der Waals surface area contributed by atoms with Crippen LogP contribution in [-0.4, -0.2) is 20.5 Å². The van der Waals surface area contributed by atoms with Gasteiger partial charge in [-0.25, -0.2) is 0 Å². The molecule has 1 atom stereocenters. The zero-order chi connectivity index (χ0) is 12.5. The van der Waals surface area contributed by atoms with Gasteiger partial charge >= 0.3 is 0 Å². The summed E-state index contributed by atoms with van der Waals surface area (Å²) in [6.45, 7) is 3.99. The lowest BCUT2D eigenvalue weighted by molar-refractivity contribution is -0.0173. The quantitative estimate of drug-likeness (QED) is 0.876. The third-order valence-corrected chi connectivity index (χ3v) is 4.12. The standard InChI is InChI=1S/C14H24N2O/c1-11-9-13(16(3)15-11)10-14(2,17)12-7-5-4-6-8-12/h9,12,17H,4-8,10H2,1-3H3. The highest BCUT2D eigenvalue weighted by Crippen LogP contribution is 2.34. The zero-order valence-corrected chi connectivity index (χ0v) is 11.2. The first-order valence-corrected chi connectivity index (χ1v) is 6.71. The molecule has 3 nitrogen and oxygen atoms in total. The molecule has 0 aromatic carbocycles. The second-order valence-electron chi connectivity index (χ2n) is 5.77. The lowest BCUT2D eigenvalue weighted by Crippen LogP contribution is -2.38. The van der Waals surface area contributed by atoms with Crippen LogP contribution in [0.25, 0.3) is 0 Å². The minimum Gasteiger partial charge on any atom is -0.389 e. The molecule has 1 fully saturated rings. The predicted molar refractivity (Wildman–Crippen MR) is 68.8 cm³/mol. The number of hydrogen-bond acceptors (Lipinski definition) is 2. The number of aromatic nitrogens is 2. The summed E-state index contributed by atoms with van der Waals surface area (Å²) >= 11 is 0. The highest BCUT2D eigenvalue weighted by atomic mass is 16.3. The van der Waals surface area contributed by atoms with Gasteiger partial charge in [0.05, 0.1) is 11.3 Å². The maximum Gasteiger partial charge on any atom is 0.0702 e. The van der Waals surface area contributed by atoms with E-state index >= 15 is 0 Å². The summed E-state index contributed by atoms with van der Waals surface area (Å²) in [6, 6.07) is 2.08. The van der Waals surface area contributed by atoms with Crippen LogP contribution in [0.15, 0.2) is 6.07 Å². The molecule has 0 radical (unpaired) electrons. The van der Waals surface area contributed by atoms with Gasteiger partial charge in [-0.1, -0.05) is 19.3 Å². The number of rotatable bonds is 3. The van der Waals surface area contributed by atoms with Crippen LogP contribution in [0.1, 0.15) is 50.4 Å². The molecule has 3 heteroatoms. The van der Waals surface area contributed by atoms with Crippen LogP contribution in [-0.2, 0) is 13.5 Å². The molecular weight excluding hydrogens is 212 g/mol. The molecule has 1 N–H and O–H groups in total. The van der Waals surface area contributed by atoms with Crippen LogP contribution >= 0.6 is 0 Å². The van der Waals surface area contributed by atoms with Crippen molar-refractivity contribution in [1.29, 1.82) is 0 Å². The molecule has 0 bridgehead atoms. The van der Waals surface area contributed by atoms with E-state index < -0.39 is 5.60 Å². The van der Waals surface area contributed by atoms with E-state index in [2.05, 4.69) is 11.2 Å². The summed E-state index contributed by atoms with van der Waals surface area (Å²) < 4.78 is 1.90. The van der Waals surface area contributed by atoms with Gasteiger partial charge in [0.1, 0.15) is 0 Å². The fourth-order valence-electron chi connectivity index (χ4n) is 3.07. The Morgan fingerprint density at radius 1 is 1.41 bits per heavy atom. The van der Waals surface area contributed by atoms with Gasteiger partial charge in [0, 0.05) is 19.2 Å². The smallest absolute Gasteiger partial charge is 0.0702 e. The molecule has 1 unspecified atom stereocenters. The van der Waals surface area contributed by atoms with Crippen LogP contribution in [0.4, 0.5) is 0 Å². The summed E-state index contributed by atoms with van der Waals surface area (Å²) in [5, 5.41) is 15.0. The summed E-state index contributed by atoms with van der Waals surface area (Å²) in [6.07, 6.45) is 6.93. The number of hydrogen-bond donors (Lipinski definition) is 1. The van der Waals surface area contributed by atoms with E-state index in [1.54, 1.807) is 0 Å². The Balaban J connectivity index is 2.07. The van der Waals surface area contributed by atoms with E-state index in [-0.39, 0.29) is 0 Å². The van der Waals surface area contributed by atoms with Crippen molar-refractivity contribution in [1.82, 2.24) is 9.78 Å². The molecule has 17 heavy (non-hydrogen) atoms. The fraction of sp³-hybridized carbons (Fsp3) is 0.786. The van der Waals surface area contributed by atoms with Crippen molar-refractivity contribution in [3.63, 3.8) is 0 Å². The maximum atomic E-state index is 10.7. The van der Waals surface area contributed by atoms with Crippen molar-refractivity contribution in [3.8, 4) is 0 Å². The molecule has 0 aliphatic heterocycles. The van der Waals surface area contributed by atoms with Gasteiger partial charge in [0.2, 0.25) is 0 Å². The highest BCUT2D eigenvalue weighted by molar-refractivity contribution is 5.11. The Kier molecular flexibility index (Phi) is 3.57. The van der Waals surface area contributed by atoms with Crippen molar-refractivity contribution in [2.75, 3.05) is 0 Å². The van der Waals surface area contributed by atoms with Crippen LogP contribution in [0.3, 0.4) is 0 Å². The fourth-order valence-corrected chi connectivity index (χ4v) is 3.07. The van der Waals surface area contributed by atoms with Crippen LogP contribution in [0.5, 0.6) is 0 Å². The zero-order valence-electron chi connectivity index (χ0n) is 11.2. The van der Waals surface area contributed by atoms with Gasteiger partial charge in [-0.3, -0.25) is 4.68 Å². The topological polar surface area (TPSA) is 38.0 Å². The van der Waals surface area contributed by atoms with Crippen molar-refractivity contribution >= 4 is 0 Å². The Morgan fingerprint density at radius 2 is 2.06 bits per heavy atom. The molecule has 0 spiro atoms. The monoisotopic (exact) mass is 236 g/mol. The Bertz CT molecular complexity index is 376. The van der Waals surface area contributed by atoms with E-state index in [1.807, 2.05) is 25.6 Å². The lowest BCUT2D eigenvalue weighted by atomic mass is 9.76. The minimum absolute atomic E-state index is 0.450. The number of aliphatic hydroxyl groups is 1. The van der Waals surface area contributed by atoms with E-state index in [9.17, 15) is 5.11 Å². The third kappa shape index (κ3) is 2.89. The molecule has 1 heterocycles. The third-order valence-electron chi connectivity index (χ3n) is 4.12. The van der Waals surface area contributed by atoms with Gasteiger partial charge < -0.3 is 5.11 Å². The van der Waals surface area contributed by atoms with Crippen LogP contribution in [0.2, 0.25) is 0 Å². The van der Waals surface area contributed by atoms with E-state index in [0.717, 1.165) is 17.8 Å². The molecule has 1 saturated carbocycles. The van der Waals surface area contributed by atoms with Crippen LogP contribution < -0.4 is 0 Å². The second kappa shape index (κ2) is 4.81. The molecule has 1 aliphatic carbocycles. The molecule has 1 aromatic heterocycles. The van der Waals surface area contributed by atoms with E-state index in [4.69, 9.17) is 0 Å². The number of nitrogens with zero attached hydrogens (tertiary/aromatic N) is 2. The van der Waals surface area contributed by atoms with Crippen molar-refractivity contribution in [3.05, 3.63) is 17.5 Å². The van der Waals surface area contributed by atoms with Gasteiger partial charge in [0.15, 0.2) is 0 Å². The second-order valence-corrected chi connectivity index (χ2v) is 5.77. The minimum atomic E-state index is -0.583. The molecular formula is C14H24N2O. The first kappa shape index (κ1) is 12.6. The summed E-state index contributed by atoms with van der Waals surface area (Å²) in [7, 11) is 1.96. The van der Waals surface area contributed by atoms with Gasteiger partial charge in [0.25, 0.3) is 0 Å². The molecule has 96 valence electrons. The van der Waals surface area contributed by atoms with Gasteiger partial charge in [-0.05, 0) is 38.7 Å². The van der Waals surface area contributed by atoms with Gasteiger partial charge in [-0.15, -0.1) is 0 Å². The largest absolute Gasteiger partial charge is 0.389 e. The lowest BCUT2D eigenvalue weighted by Gasteiger charge is -2.35. The average Bonchev–Trinajstić information content (AvgIpc) is 2.58. The Morgan fingerprint density at radius 3 is 2.59 bits per heavy atom. The van der Waals surface area contributed by atoms with Crippen molar-refractivity contribution in [2.45, 2.75) is 58.0 Å². The normalized spacial score (nSPS) is 21.4. The first-order chi connectivity index (χ1) is 7.99. The molecule has 1 aromatic rings. The number of aryl methyl sites for hydroxylation is 2. The molecule has 1 aliphatic rings. The van der Waals surface area contributed by atoms with Crippen LogP contribution in [0, 0.1) is 12.8 Å². The van der Waals surface area contributed by atoms with E-state index in [1.165, 1.54) is 32.1 Å². The SMILES string of the molecule is Cc1cc(CC(C)(O)C2CCCCC2)n(C)n1. The summed E-state index contributed by atoms with van der Waals surface area (Å²) in [5.41, 5.74) is 1.58. The predicted octanol–water partition coefficient (Wildman–Crippen LogP) is 2.60. The van der Waals surface area contributed by atoms with Crippen molar-refractivity contribution < 1.29 is 5.11 Å². The molecule has 0 amide bonds. The Hall–Kier alpha value is -0.830. The first-order valence-electron chi connectivity index (χ1n) is 6.71. The average molecular weight is 236 g/mol. The van der Waals surface area contributed by atoms with E-state index in [0.29, 0.717) is 5.92 Å². The van der Waals surface area contributed by atoms with Gasteiger partial charge in [-0.2, -0.15) is 5.10 Å². The Labute approximate surface area is 104 Å². The van der Waals surface area contributed by atoms with Crippen molar-refractivity contribution in [2.24, 2.45) is 13.0 Å². The highest BCUT2D eigenvalue weighted by Gasteiger charge is 2.33. The molecule has 0 saturated heterocycles. The summed E-state index contributed by atoms with van der Waals surface area (Å²) in [4.78, 5) is 0.